The van der Waals surface area contributed by atoms with Crippen LogP contribution in [0.3, 0.4) is 0 Å². The maximum absolute atomic E-state index is 9.44. The molecule has 1 heteroatoms. The molecule has 3 rings (SSSR count). The van der Waals surface area contributed by atoms with Gasteiger partial charge in [0.2, 0.25) is 0 Å². The van der Waals surface area contributed by atoms with Gasteiger partial charge in [0.15, 0.2) is 0 Å². The molecular weight excluding hydrogens is 220 g/mol. The fraction of sp³-hybridized carbons (Fsp3) is 0.235. The van der Waals surface area contributed by atoms with E-state index in [1.165, 1.54) is 41.7 Å². The lowest BCUT2D eigenvalue weighted by molar-refractivity contribution is -0.114. The van der Waals surface area contributed by atoms with Crippen molar-refractivity contribution in [1.82, 2.24) is 0 Å². The van der Waals surface area contributed by atoms with Crippen molar-refractivity contribution in [3.8, 4) is 11.1 Å². The van der Waals surface area contributed by atoms with Crippen LogP contribution in [0.2, 0.25) is 0 Å². The molecule has 92 valence electrons. The zero-order valence-corrected chi connectivity index (χ0v) is 11.2. The van der Waals surface area contributed by atoms with Crippen LogP contribution in [-0.2, 0) is 11.2 Å². The highest BCUT2D eigenvalue weighted by atomic mass is 16.1. The molecule has 2 aromatic carbocycles. The third kappa shape index (κ3) is 2.51. The number of rotatable bonds is 0. The first-order chi connectivity index (χ1) is 8.59. The molecule has 0 aromatic heterocycles. The molecule has 0 saturated heterocycles. The van der Waals surface area contributed by atoms with Crippen LogP contribution in [0, 0.1) is 6.92 Å². The smallest absolute Gasteiger partial charge is 0.126 e. The van der Waals surface area contributed by atoms with Crippen molar-refractivity contribution >= 4 is 5.78 Å². The maximum atomic E-state index is 9.44. The average molecular weight is 238 g/mol. The van der Waals surface area contributed by atoms with Gasteiger partial charge in [-0.3, -0.25) is 0 Å². The molecule has 1 aliphatic rings. The maximum Gasteiger partial charge on any atom is 0.126 e. The molecule has 1 nitrogen and oxygen atoms in total. The monoisotopic (exact) mass is 238 g/mol. The zero-order valence-electron chi connectivity index (χ0n) is 11.2. The van der Waals surface area contributed by atoms with E-state index < -0.39 is 0 Å². The van der Waals surface area contributed by atoms with Crippen molar-refractivity contribution in [3.63, 3.8) is 0 Å². The first-order valence-electron chi connectivity index (χ1n) is 6.23. The summed E-state index contributed by atoms with van der Waals surface area (Å²) in [5.41, 5.74) is 7.25. The van der Waals surface area contributed by atoms with E-state index in [0.717, 1.165) is 6.42 Å². The Morgan fingerprint density at radius 3 is 2.28 bits per heavy atom. The van der Waals surface area contributed by atoms with Gasteiger partial charge in [-0.1, -0.05) is 42.5 Å². The Bertz CT molecular complexity index is 578. The Balaban J connectivity index is 0.000000267. The lowest BCUT2D eigenvalue weighted by Gasteiger charge is -2.02. The molecule has 18 heavy (non-hydrogen) atoms. The van der Waals surface area contributed by atoms with E-state index in [1.807, 2.05) is 0 Å². The van der Waals surface area contributed by atoms with Gasteiger partial charge in [-0.2, -0.15) is 0 Å². The Morgan fingerprint density at radius 1 is 0.944 bits per heavy atom. The van der Waals surface area contributed by atoms with Crippen molar-refractivity contribution in [2.45, 2.75) is 27.2 Å². The molecule has 0 N–H and O–H groups in total. The zero-order chi connectivity index (χ0) is 13.1. The minimum absolute atomic E-state index is 0.167. The molecule has 2 aromatic rings. The van der Waals surface area contributed by atoms with Gasteiger partial charge in [0.1, 0.15) is 5.78 Å². The predicted molar refractivity (Wildman–Crippen MR) is 75.8 cm³/mol. The molecule has 1 aliphatic carbocycles. The van der Waals surface area contributed by atoms with Crippen molar-refractivity contribution in [2.24, 2.45) is 0 Å². The summed E-state index contributed by atoms with van der Waals surface area (Å²) < 4.78 is 0. The largest absolute Gasteiger partial charge is 0.300 e. The van der Waals surface area contributed by atoms with Crippen molar-refractivity contribution < 1.29 is 4.79 Å². The first kappa shape index (κ1) is 12.6. The summed E-state index contributed by atoms with van der Waals surface area (Å²) >= 11 is 0. The molecular formula is C17H18O. The molecule has 0 bridgehead atoms. The van der Waals surface area contributed by atoms with Gasteiger partial charge in [0, 0.05) is 0 Å². The normalized spacial score (nSPS) is 11.1. The van der Waals surface area contributed by atoms with Gasteiger partial charge < -0.3 is 4.79 Å². The van der Waals surface area contributed by atoms with E-state index in [9.17, 15) is 4.79 Å². The van der Waals surface area contributed by atoms with Crippen molar-refractivity contribution in [3.05, 3.63) is 59.2 Å². The summed E-state index contributed by atoms with van der Waals surface area (Å²) in [6.45, 7) is 5.25. The van der Waals surface area contributed by atoms with Crippen LogP contribution in [-0.4, -0.2) is 5.78 Å². The second kappa shape index (κ2) is 5.18. The number of fused-ring (bicyclic) bond motifs is 3. The standard InChI is InChI=1S/C14H12.C3H6O/c1-10-5-4-8-13-12-7-3-2-6-11(12)9-14(10)13;1-3(2)4/h2-8H,9H2,1H3;1-2H3. The molecule has 0 aliphatic heterocycles. The topological polar surface area (TPSA) is 17.1 Å². The number of hydrogen-bond donors (Lipinski definition) is 0. The third-order valence-corrected chi connectivity index (χ3v) is 3.09. The highest BCUT2D eigenvalue weighted by Gasteiger charge is 2.18. The summed E-state index contributed by atoms with van der Waals surface area (Å²) in [5.74, 6) is 0.167. The minimum atomic E-state index is 0.167. The number of hydrogen-bond acceptors (Lipinski definition) is 1. The Labute approximate surface area is 108 Å². The van der Waals surface area contributed by atoms with Gasteiger partial charge in [-0.15, -0.1) is 0 Å². The summed E-state index contributed by atoms with van der Waals surface area (Å²) in [5, 5.41) is 0. The van der Waals surface area contributed by atoms with Crippen LogP contribution in [0.4, 0.5) is 0 Å². The van der Waals surface area contributed by atoms with Crippen molar-refractivity contribution in [1.29, 1.82) is 0 Å². The average Bonchev–Trinajstić information content (AvgIpc) is 2.69. The molecule has 0 spiro atoms. The van der Waals surface area contributed by atoms with Crippen LogP contribution >= 0.6 is 0 Å². The van der Waals surface area contributed by atoms with E-state index in [-0.39, 0.29) is 5.78 Å². The van der Waals surface area contributed by atoms with Gasteiger partial charge in [0.05, 0.1) is 0 Å². The number of ketones is 1. The molecule has 0 saturated carbocycles. The summed E-state index contributed by atoms with van der Waals surface area (Å²) in [6, 6.07) is 15.3. The molecule has 0 radical (unpaired) electrons. The number of benzene rings is 2. The molecule has 0 amide bonds. The molecule has 0 atom stereocenters. The van der Waals surface area contributed by atoms with E-state index in [1.54, 1.807) is 0 Å². The summed E-state index contributed by atoms with van der Waals surface area (Å²) in [7, 11) is 0. The van der Waals surface area contributed by atoms with Gasteiger partial charge in [-0.25, -0.2) is 0 Å². The van der Waals surface area contributed by atoms with Gasteiger partial charge in [0.25, 0.3) is 0 Å². The SMILES string of the molecule is CC(C)=O.Cc1cccc2c1Cc1ccccc1-2. The third-order valence-electron chi connectivity index (χ3n) is 3.09. The van der Waals surface area contributed by atoms with E-state index >= 15 is 0 Å². The van der Waals surface area contributed by atoms with E-state index in [0.29, 0.717) is 0 Å². The number of Topliss-reactive ketones (excluding diaryl/α,β-unsaturated/α-hetero) is 1. The van der Waals surface area contributed by atoms with E-state index in [2.05, 4.69) is 49.4 Å². The summed E-state index contributed by atoms with van der Waals surface area (Å²) in [4.78, 5) is 9.44. The Hall–Kier alpha value is -1.89. The quantitative estimate of drug-likeness (QED) is 0.574. The second-order valence-electron chi connectivity index (χ2n) is 4.84. The highest BCUT2D eigenvalue weighted by molar-refractivity contribution is 5.77. The lowest BCUT2D eigenvalue weighted by Crippen LogP contribution is -1.84. The van der Waals surface area contributed by atoms with E-state index in [4.69, 9.17) is 0 Å². The van der Waals surface area contributed by atoms with Crippen LogP contribution in [0.25, 0.3) is 11.1 Å². The number of carbonyl (C=O) groups excluding carboxylic acids is 1. The Morgan fingerprint density at radius 2 is 1.56 bits per heavy atom. The molecule has 0 heterocycles. The number of carbonyl (C=O) groups is 1. The highest BCUT2D eigenvalue weighted by Crippen LogP contribution is 2.37. The van der Waals surface area contributed by atoms with Crippen molar-refractivity contribution in [2.75, 3.05) is 0 Å². The van der Waals surface area contributed by atoms with Crippen LogP contribution in [0.5, 0.6) is 0 Å². The minimum Gasteiger partial charge on any atom is -0.300 e. The fourth-order valence-electron chi connectivity index (χ4n) is 2.32. The van der Waals surface area contributed by atoms with Gasteiger partial charge in [-0.05, 0) is 55.0 Å². The fourth-order valence-corrected chi connectivity index (χ4v) is 2.32. The number of aryl methyl sites for hydroxylation is 1. The molecule has 0 unspecified atom stereocenters. The summed E-state index contributed by atoms with van der Waals surface area (Å²) in [6.07, 6.45) is 1.11. The lowest BCUT2D eigenvalue weighted by atomic mass is 10.0. The van der Waals surface area contributed by atoms with Crippen LogP contribution in [0.1, 0.15) is 30.5 Å². The van der Waals surface area contributed by atoms with Crippen LogP contribution in [0.15, 0.2) is 42.5 Å². The van der Waals surface area contributed by atoms with Gasteiger partial charge >= 0.3 is 0 Å². The second-order valence-corrected chi connectivity index (χ2v) is 4.84. The predicted octanol–water partition coefficient (Wildman–Crippen LogP) is 4.16. The van der Waals surface area contributed by atoms with Crippen LogP contribution < -0.4 is 0 Å². The Kier molecular flexibility index (Phi) is 3.61. The molecule has 0 fully saturated rings. The first-order valence-corrected chi connectivity index (χ1v) is 6.23.